The van der Waals surface area contributed by atoms with Gasteiger partial charge in [-0.25, -0.2) is 18.3 Å². The van der Waals surface area contributed by atoms with Crippen LogP contribution in [-0.4, -0.2) is 34.9 Å². The van der Waals surface area contributed by atoms with E-state index in [1.54, 1.807) is 31.2 Å². The summed E-state index contributed by atoms with van der Waals surface area (Å²) < 4.78 is 33.4. The van der Waals surface area contributed by atoms with Crippen LogP contribution in [0.4, 0.5) is 25.0 Å². The summed E-state index contributed by atoms with van der Waals surface area (Å²) in [6.45, 7) is 2.36. The maximum Gasteiger partial charge on any atom is 0.414 e. The van der Waals surface area contributed by atoms with Crippen LogP contribution >= 0.6 is 0 Å². The van der Waals surface area contributed by atoms with Crippen LogP contribution in [0.2, 0.25) is 0 Å². The quantitative estimate of drug-likeness (QED) is 0.728. The first-order chi connectivity index (χ1) is 13.9. The second kappa shape index (κ2) is 7.34. The normalized spacial score (nSPS) is 13.5. The molecular weight excluding hydrogens is 382 g/mol. The van der Waals surface area contributed by atoms with Gasteiger partial charge in [-0.05, 0) is 37.3 Å². The van der Waals surface area contributed by atoms with E-state index in [9.17, 15) is 18.4 Å². The van der Waals surface area contributed by atoms with Gasteiger partial charge in [0.2, 0.25) is 0 Å². The minimum atomic E-state index is -0.784. The third kappa shape index (κ3) is 3.54. The van der Waals surface area contributed by atoms with Crippen LogP contribution in [0.25, 0.3) is 5.69 Å². The number of aromatic nitrogens is 2. The SMILES string of the molecule is Cc1c(C(=O)Nc2cccc(N3CCOC3=O)c2)cnn1-c1ccc(F)cc1F. The molecule has 1 fully saturated rings. The molecule has 1 aromatic heterocycles. The van der Waals surface area contributed by atoms with Crippen molar-refractivity contribution in [1.29, 1.82) is 0 Å². The van der Waals surface area contributed by atoms with Gasteiger partial charge in [0.25, 0.3) is 5.91 Å². The molecule has 3 aromatic rings. The Hall–Kier alpha value is -3.75. The molecule has 1 aliphatic rings. The molecule has 29 heavy (non-hydrogen) atoms. The number of hydrogen-bond donors (Lipinski definition) is 1. The van der Waals surface area contributed by atoms with Gasteiger partial charge in [0.15, 0.2) is 5.82 Å². The van der Waals surface area contributed by atoms with Crippen molar-refractivity contribution in [2.75, 3.05) is 23.4 Å². The zero-order chi connectivity index (χ0) is 20.5. The summed E-state index contributed by atoms with van der Waals surface area (Å²) in [6.07, 6.45) is 0.877. The van der Waals surface area contributed by atoms with E-state index < -0.39 is 23.6 Å². The van der Waals surface area contributed by atoms with Gasteiger partial charge in [0.1, 0.15) is 18.1 Å². The topological polar surface area (TPSA) is 76.5 Å². The van der Waals surface area contributed by atoms with Crippen LogP contribution in [-0.2, 0) is 4.74 Å². The highest BCUT2D eigenvalue weighted by molar-refractivity contribution is 6.05. The smallest absolute Gasteiger partial charge is 0.414 e. The molecule has 148 valence electrons. The number of halogens is 2. The van der Waals surface area contributed by atoms with Crippen molar-refractivity contribution in [2.24, 2.45) is 0 Å². The number of anilines is 2. The molecule has 9 heteroatoms. The second-order valence-corrected chi connectivity index (χ2v) is 6.42. The number of cyclic esters (lactones) is 1. The third-order valence-electron chi connectivity index (χ3n) is 4.57. The lowest BCUT2D eigenvalue weighted by atomic mass is 10.2. The van der Waals surface area contributed by atoms with Gasteiger partial charge in [0.05, 0.1) is 24.0 Å². The lowest BCUT2D eigenvalue weighted by molar-refractivity contribution is 0.102. The molecule has 0 spiro atoms. The molecule has 2 aromatic carbocycles. The van der Waals surface area contributed by atoms with Crippen LogP contribution in [0.1, 0.15) is 16.1 Å². The molecule has 4 rings (SSSR count). The molecule has 2 amide bonds. The Morgan fingerprint density at radius 2 is 2.03 bits per heavy atom. The predicted molar refractivity (Wildman–Crippen MR) is 101 cm³/mol. The van der Waals surface area contributed by atoms with Crippen LogP contribution in [0.15, 0.2) is 48.7 Å². The summed E-state index contributed by atoms with van der Waals surface area (Å²) in [6, 6.07) is 9.92. The van der Waals surface area contributed by atoms with Gasteiger partial charge >= 0.3 is 6.09 Å². The number of nitrogens with zero attached hydrogens (tertiary/aromatic N) is 3. The van der Waals surface area contributed by atoms with Crippen molar-refractivity contribution >= 4 is 23.4 Å². The molecule has 0 unspecified atom stereocenters. The average molecular weight is 398 g/mol. The van der Waals surface area contributed by atoms with Crippen LogP contribution in [0.5, 0.6) is 0 Å². The largest absolute Gasteiger partial charge is 0.447 e. The molecule has 1 saturated heterocycles. The molecule has 1 N–H and O–H groups in total. The van der Waals surface area contributed by atoms with Crippen molar-refractivity contribution in [3.05, 3.63) is 71.6 Å². The molecule has 1 aliphatic heterocycles. The standard InChI is InChI=1S/C20H16F2N4O3/c1-12-16(11-23-26(12)18-6-5-13(21)9-17(18)22)19(27)24-14-3-2-4-15(10-14)25-7-8-29-20(25)28/h2-6,9-11H,7-8H2,1H3,(H,24,27). The van der Waals surface area contributed by atoms with Crippen molar-refractivity contribution in [3.8, 4) is 5.69 Å². The van der Waals surface area contributed by atoms with Crippen LogP contribution in [0, 0.1) is 18.6 Å². The summed E-state index contributed by atoms with van der Waals surface area (Å²) in [7, 11) is 0. The summed E-state index contributed by atoms with van der Waals surface area (Å²) in [4.78, 5) is 25.9. The van der Waals surface area contributed by atoms with E-state index in [0.717, 1.165) is 12.1 Å². The lowest BCUT2D eigenvalue weighted by Gasteiger charge is -2.14. The Bertz CT molecular complexity index is 1110. The van der Waals surface area contributed by atoms with E-state index in [2.05, 4.69) is 10.4 Å². The molecule has 0 saturated carbocycles. The maximum atomic E-state index is 14.1. The van der Waals surface area contributed by atoms with Gasteiger partial charge in [-0.1, -0.05) is 6.07 Å². The van der Waals surface area contributed by atoms with Crippen molar-refractivity contribution in [1.82, 2.24) is 9.78 Å². The number of nitrogens with one attached hydrogen (secondary N) is 1. The average Bonchev–Trinajstić information content (AvgIpc) is 3.28. The van der Waals surface area contributed by atoms with E-state index in [1.807, 2.05) is 0 Å². The van der Waals surface area contributed by atoms with Crippen LogP contribution < -0.4 is 10.2 Å². The zero-order valence-electron chi connectivity index (χ0n) is 15.4. The van der Waals surface area contributed by atoms with E-state index >= 15 is 0 Å². The Balaban J connectivity index is 1.57. The Kier molecular flexibility index (Phi) is 4.71. The van der Waals surface area contributed by atoms with Crippen molar-refractivity contribution in [2.45, 2.75) is 6.92 Å². The fraction of sp³-hybridized carbons (Fsp3) is 0.150. The minimum absolute atomic E-state index is 0.0393. The highest BCUT2D eigenvalue weighted by Gasteiger charge is 2.24. The molecule has 0 radical (unpaired) electrons. The molecule has 2 heterocycles. The van der Waals surface area contributed by atoms with Crippen molar-refractivity contribution < 1.29 is 23.1 Å². The molecular formula is C20H16F2N4O3. The zero-order valence-corrected chi connectivity index (χ0v) is 15.4. The summed E-state index contributed by atoms with van der Waals surface area (Å²) in [5.41, 5.74) is 1.75. The number of ether oxygens (including phenoxy) is 1. The Morgan fingerprint density at radius 1 is 1.21 bits per heavy atom. The summed E-state index contributed by atoms with van der Waals surface area (Å²) in [5, 5.41) is 6.80. The van der Waals surface area contributed by atoms with E-state index in [0.29, 0.717) is 30.2 Å². The van der Waals surface area contributed by atoms with Gasteiger partial charge in [0, 0.05) is 17.4 Å². The molecule has 0 atom stereocenters. The minimum Gasteiger partial charge on any atom is -0.447 e. The van der Waals surface area contributed by atoms with Gasteiger partial charge in [-0.2, -0.15) is 5.10 Å². The maximum absolute atomic E-state index is 14.1. The second-order valence-electron chi connectivity index (χ2n) is 6.42. The number of carbonyl (C=O) groups excluding carboxylic acids is 2. The van der Waals surface area contributed by atoms with Gasteiger partial charge in [-0.15, -0.1) is 0 Å². The van der Waals surface area contributed by atoms with E-state index in [4.69, 9.17) is 4.74 Å². The number of amides is 2. The van der Waals surface area contributed by atoms with Crippen LogP contribution in [0.3, 0.4) is 0 Å². The van der Waals surface area contributed by atoms with Gasteiger partial charge in [-0.3, -0.25) is 9.69 Å². The first-order valence-electron chi connectivity index (χ1n) is 8.80. The van der Waals surface area contributed by atoms with E-state index in [-0.39, 0.29) is 11.3 Å². The Labute approximate surface area is 164 Å². The summed E-state index contributed by atoms with van der Waals surface area (Å²) in [5.74, 6) is -1.93. The number of hydrogen-bond acceptors (Lipinski definition) is 4. The number of rotatable bonds is 4. The number of carbonyl (C=O) groups is 2. The van der Waals surface area contributed by atoms with Gasteiger partial charge < -0.3 is 10.1 Å². The summed E-state index contributed by atoms with van der Waals surface area (Å²) >= 11 is 0. The highest BCUT2D eigenvalue weighted by atomic mass is 19.1. The van der Waals surface area contributed by atoms with E-state index in [1.165, 1.54) is 21.8 Å². The molecule has 7 nitrogen and oxygen atoms in total. The monoisotopic (exact) mass is 398 g/mol. The first-order valence-corrected chi connectivity index (χ1v) is 8.80. The lowest BCUT2D eigenvalue weighted by Crippen LogP contribution is -2.23. The Morgan fingerprint density at radius 3 is 2.76 bits per heavy atom. The van der Waals surface area contributed by atoms with Crippen molar-refractivity contribution in [3.63, 3.8) is 0 Å². The highest BCUT2D eigenvalue weighted by Crippen LogP contribution is 2.24. The predicted octanol–water partition coefficient (Wildman–Crippen LogP) is 3.67. The number of benzene rings is 2. The molecule has 0 bridgehead atoms. The molecule has 0 aliphatic carbocycles. The third-order valence-corrected chi connectivity index (χ3v) is 4.57. The fourth-order valence-electron chi connectivity index (χ4n) is 3.11. The first kappa shape index (κ1) is 18.6. The fourth-order valence-corrected chi connectivity index (χ4v) is 3.11.